The molecule has 0 radical (unpaired) electrons. The molecule has 0 aliphatic heterocycles. The van der Waals surface area contributed by atoms with Crippen molar-refractivity contribution < 1.29 is 4.74 Å². The third-order valence-electron chi connectivity index (χ3n) is 3.67. The molecule has 0 amide bonds. The highest BCUT2D eigenvalue weighted by Gasteiger charge is 2.25. The summed E-state index contributed by atoms with van der Waals surface area (Å²) in [6.07, 6.45) is 3.65. The first-order valence-corrected chi connectivity index (χ1v) is 6.96. The summed E-state index contributed by atoms with van der Waals surface area (Å²) in [5.41, 5.74) is 5.56. The van der Waals surface area contributed by atoms with Gasteiger partial charge in [-0.05, 0) is 12.0 Å². The average molecular weight is 265 g/mol. The van der Waals surface area contributed by atoms with Crippen LogP contribution in [0.15, 0.2) is 36.5 Å². The minimum atomic E-state index is 0.702. The van der Waals surface area contributed by atoms with Crippen LogP contribution in [0.5, 0.6) is 5.75 Å². The molecule has 4 nitrogen and oxygen atoms in total. The van der Waals surface area contributed by atoms with E-state index in [0.717, 1.165) is 35.6 Å². The van der Waals surface area contributed by atoms with Crippen LogP contribution in [0.2, 0.25) is 0 Å². The van der Waals surface area contributed by atoms with E-state index in [4.69, 9.17) is 9.72 Å². The lowest BCUT2D eigenvalue weighted by atomic mass is 10.1. The quantitative estimate of drug-likeness (QED) is 0.571. The molecule has 0 saturated heterocycles. The van der Waals surface area contributed by atoms with Crippen LogP contribution in [0, 0.1) is 0 Å². The van der Waals surface area contributed by atoms with Crippen LogP contribution in [0.25, 0.3) is 16.9 Å². The molecule has 2 heterocycles. The summed E-state index contributed by atoms with van der Waals surface area (Å²) >= 11 is 0. The first-order valence-electron chi connectivity index (χ1n) is 6.96. The lowest BCUT2D eigenvalue weighted by Gasteiger charge is -2.06. The van der Waals surface area contributed by atoms with Crippen molar-refractivity contribution in [3.05, 3.63) is 47.8 Å². The van der Waals surface area contributed by atoms with Gasteiger partial charge in [0.1, 0.15) is 0 Å². The number of aromatic nitrogens is 3. The molecule has 4 heteroatoms. The van der Waals surface area contributed by atoms with Gasteiger partial charge in [0.2, 0.25) is 0 Å². The van der Waals surface area contributed by atoms with Gasteiger partial charge in [0.15, 0.2) is 11.4 Å². The Bertz CT molecular complexity index is 792. The second kappa shape index (κ2) is 4.34. The highest BCUT2D eigenvalue weighted by molar-refractivity contribution is 5.76. The van der Waals surface area contributed by atoms with Gasteiger partial charge in [0.25, 0.3) is 0 Å². The van der Waals surface area contributed by atoms with Crippen LogP contribution >= 0.6 is 0 Å². The number of hydrogen-bond donors (Lipinski definition) is 0. The molecular weight excluding hydrogens is 250 g/mol. The number of ether oxygens (including phenoxy) is 1. The maximum absolute atomic E-state index is 5.77. The fourth-order valence-corrected chi connectivity index (χ4v) is 2.76. The SMILES string of the molecule is CCCOc1ccnn2c3c(nc12)-c1ccccc1C3. The van der Waals surface area contributed by atoms with Gasteiger partial charge < -0.3 is 4.74 Å². The van der Waals surface area contributed by atoms with Crippen molar-refractivity contribution in [3.63, 3.8) is 0 Å². The van der Waals surface area contributed by atoms with E-state index in [2.05, 4.69) is 36.3 Å². The third-order valence-corrected chi connectivity index (χ3v) is 3.67. The van der Waals surface area contributed by atoms with Crippen LogP contribution in [0.4, 0.5) is 0 Å². The van der Waals surface area contributed by atoms with Gasteiger partial charge in [-0.2, -0.15) is 5.10 Å². The number of fused-ring (bicyclic) bond motifs is 5. The van der Waals surface area contributed by atoms with Gasteiger partial charge in [-0.3, -0.25) is 0 Å². The van der Waals surface area contributed by atoms with Crippen LogP contribution in [0.1, 0.15) is 24.6 Å². The lowest BCUT2D eigenvalue weighted by molar-refractivity contribution is 0.318. The fraction of sp³-hybridized carbons (Fsp3) is 0.250. The molecule has 0 N–H and O–H groups in total. The van der Waals surface area contributed by atoms with E-state index < -0.39 is 0 Å². The molecule has 3 aromatic rings. The van der Waals surface area contributed by atoms with Crippen molar-refractivity contribution in [1.82, 2.24) is 14.6 Å². The lowest BCUT2D eigenvalue weighted by Crippen LogP contribution is -2.01. The van der Waals surface area contributed by atoms with Gasteiger partial charge >= 0.3 is 0 Å². The summed E-state index contributed by atoms with van der Waals surface area (Å²) < 4.78 is 7.69. The van der Waals surface area contributed by atoms with Gasteiger partial charge in [0, 0.05) is 18.1 Å². The Hall–Kier alpha value is -2.36. The van der Waals surface area contributed by atoms with E-state index in [9.17, 15) is 0 Å². The molecule has 0 bridgehead atoms. The molecule has 20 heavy (non-hydrogen) atoms. The van der Waals surface area contributed by atoms with E-state index in [1.54, 1.807) is 6.20 Å². The smallest absolute Gasteiger partial charge is 0.197 e. The van der Waals surface area contributed by atoms with Crippen LogP contribution in [0.3, 0.4) is 0 Å². The van der Waals surface area contributed by atoms with Gasteiger partial charge in [-0.1, -0.05) is 31.2 Å². The van der Waals surface area contributed by atoms with Crippen molar-refractivity contribution in [2.24, 2.45) is 0 Å². The van der Waals surface area contributed by atoms with Crippen molar-refractivity contribution in [1.29, 1.82) is 0 Å². The Labute approximate surface area is 117 Å². The maximum atomic E-state index is 5.77. The number of nitrogens with zero attached hydrogens (tertiary/aromatic N) is 3. The predicted octanol–water partition coefficient (Wildman–Crippen LogP) is 3.09. The molecule has 2 aromatic heterocycles. The highest BCUT2D eigenvalue weighted by atomic mass is 16.5. The number of imidazole rings is 1. The monoisotopic (exact) mass is 265 g/mol. The van der Waals surface area contributed by atoms with Crippen molar-refractivity contribution in [2.45, 2.75) is 19.8 Å². The molecular formula is C16H15N3O. The van der Waals surface area contributed by atoms with Gasteiger partial charge in [-0.15, -0.1) is 0 Å². The van der Waals surface area contributed by atoms with Gasteiger partial charge in [-0.25, -0.2) is 9.50 Å². The van der Waals surface area contributed by atoms with Crippen LogP contribution < -0.4 is 4.74 Å². The first-order chi connectivity index (χ1) is 9.88. The summed E-state index contributed by atoms with van der Waals surface area (Å²) in [5, 5.41) is 4.44. The normalized spacial score (nSPS) is 12.4. The van der Waals surface area contributed by atoms with E-state index in [0.29, 0.717) is 6.61 Å². The molecule has 1 aliphatic carbocycles. The van der Waals surface area contributed by atoms with E-state index in [1.165, 1.54) is 11.1 Å². The van der Waals surface area contributed by atoms with Crippen LogP contribution in [-0.2, 0) is 6.42 Å². The largest absolute Gasteiger partial charge is 0.490 e. The van der Waals surface area contributed by atoms with Gasteiger partial charge in [0.05, 0.1) is 24.2 Å². The number of rotatable bonds is 3. The topological polar surface area (TPSA) is 39.4 Å². The van der Waals surface area contributed by atoms with Crippen molar-refractivity contribution >= 4 is 5.65 Å². The molecule has 1 aromatic carbocycles. The van der Waals surface area contributed by atoms with Crippen LogP contribution in [-0.4, -0.2) is 21.2 Å². The Kier molecular flexibility index (Phi) is 2.49. The second-order valence-electron chi connectivity index (χ2n) is 5.02. The molecule has 0 unspecified atom stereocenters. The Morgan fingerprint density at radius 2 is 2.15 bits per heavy atom. The Morgan fingerprint density at radius 1 is 1.25 bits per heavy atom. The zero-order chi connectivity index (χ0) is 13.5. The summed E-state index contributed by atoms with van der Waals surface area (Å²) in [4.78, 5) is 4.76. The molecule has 0 fully saturated rings. The molecule has 0 spiro atoms. The first kappa shape index (κ1) is 11.5. The van der Waals surface area contributed by atoms with E-state index in [-0.39, 0.29) is 0 Å². The summed E-state index contributed by atoms with van der Waals surface area (Å²) in [6.45, 7) is 2.80. The molecule has 0 atom stereocenters. The minimum absolute atomic E-state index is 0.702. The molecule has 4 rings (SSSR count). The minimum Gasteiger partial charge on any atom is -0.490 e. The standard InChI is InChI=1S/C16H15N3O/c1-2-9-20-14-7-8-17-19-13-10-11-5-3-4-6-12(11)15(13)18-16(14)19/h3-8H,2,9-10H2,1H3. The molecule has 1 aliphatic rings. The summed E-state index contributed by atoms with van der Waals surface area (Å²) in [5.74, 6) is 0.814. The fourth-order valence-electron chi connectivity index (χ4n) is 2.76. The summed E-state index contributed by atoms with van der Waals surface area (Å²) in [6, 6.07) is 10.3. The Morgan fingerprint density at radius 3 is 3.05 bits per heavy atom. The Balaban J connectivity index is 1.90. The highest BCUT2D eigenvalue weighted by Crippen LogP contribution is 2.37. The number of hydrogen-bond acceptors (Lipinski definition) is 3. The maximum Gasteiger partial charge on any atom is 0.197 e. The zero-order valence-electron chi connectivity index (χ0n) is 11.3. The molecule has 100 valence electrons. The van der Waals surface area contributed by atoms with E-state index >= 15 is 0 Å². The molecule has 0 saturated carbocycles. The predicted molar refractivity (Wildman–Crippen MR) is 77.0 cm³/mol. The van der Waals surface area contributed by atoms with Crippen molar-refractivity contribution in [3.8, 4) is 17.0 Å². The average Bonchev–Trinajstić information content (AvgIpc) is 3.01. The van der Waals surface area contributed by atoms with E-state index in [1.807, 2.05) is 10.6 Å². The zero-order valence-corrected chi connectivity index (χ0v) is 11.3. The van der Waals surface area contributed by atoms with Crippen molar-refractivity contribution in [2.75, 3.05) is 6.61 Å². The number of benzene rings is 1. The summed E-state index contributed by atoms with van der Waals surface area (Å²) in [7, 11) is 0. The second-order valence-corrected chi connectivity index (χ2v) is 5.02. The third kappa shape index (κ3) is 1.54.